The molecule has 0 saturated carbocycles. The molecule has 0 aromatic heterocycles. The van der Waals surface area contributed by atoms with Gasteiger partial charge in [0.2, 0.25) is 10.0 Å². The minimum absolute atomic E-state index is 0. The summed E-state index contributed by atoms with van der Waals surface area (Å²) in [7, 11) is -1.50. The molecule has 1 heterocycles. The van der Waals surface area contributed by atoms with Crippen LogP contribution >= 0.6 is 12.4 Å². The lowest BCUT2D eigenvalue weighted by atomic mass is 10.1. The highest BCUT2D eigenvalue weighted by Gasteiger charge is 2.32. The predicted octanol–water partition coefficient (Wildman–Crippen LogP) is 0.664. The Morgan fingerprint density at radius 2 is 1.64 bits per heavy atom. The molecule has 2 rings (SSSR count). The predicted molar refractivity (Wildman–Crippen MR) is 92.6 cm³/mol. The van der Waals surface area contributed by atoms with Crippen LogP contribution in [0, 0.1) is 0 Å². The van der Waals surface area contributed by atoms with Crippen LogP contribution in [-0.2, 0) is 19.5 Å². The molecule has 1 aliphatic rings. The molecule has 1 aliphatic heterocycles. The summed E-state index contributed by atoms with van der Waals surface area (Å²) in [6.45, 7) is 3.15. The lowest BCUT2D eigenvalue weighted by Crippen LogP contribution is -2.52. The number of benzene rings is 1. The first-order valence-corrected chi connectivity index (χ1v) is 8.79. The molecular weight excluding hydrogens is 372 g/mol. The van der Waals surface area contributed by atoms with Crippen molar-refractivity contribution in [2.45, 2.75) is 17.9 Å². The topological polar surface area (TPSA) is 102 Å². The third-order valence-corrected chi connectivity index (χ3v) is 5.79. The molecule has 0 amide bonds. The quantitative estimate of drug-likeness (QED) is 0.751. The molecule has 0 spiro atoms. The van der Waals surface area contributed by atoms with Gasteiger partial charge in [0.05, 0.1) is 30.2 Å². The van der Waals surface area contributed by atoms with Crippen LogP contribution in [0.5, 0.6) is 0 Å². The van der Waals surface area contributed by atoms with E-state index in [0.29, 0.717) is 19.6 Å². The van der Waals surface area contributed by atoms with Crippen molar-refractivity contribution in [3.63, 3.8) is 0 Å². The molecule has 10 heteroatoms. The summed E-state index contributed by atoms with van der Waals surface area (Å²) in [4.78, 5) is 23.5. The number of methoxy groups -OCH3 is 2. The lowest BCUT2D eigenvalue weighted by Gasteiger charge is -2.33. The Labute approximate surface area is 152 Å². The second-order valence-electron chi connectivity index (χ2n) is 5.40. The summed E-state index contributed by atoms with van der Waals surface area (Å²) in [5, 5.41) is 3.11. The van der Waals surface area contributed by atoms with Gasteiger partial charge in [-0.1, -0.05) is 0 Å². The average molecular weight is 393 g/mol. The molecule has 8 nitrogen and oxygen atoms in total. The van der Waals surface area contributed by atoms with Crippen molar-refractivity contribution >= 4 is 34.4 Å². The summed E-state index contributed by atoms with van der Waals surface area (Å²) >= 11 is 0. The molecule has 25 heavy (non-hydrogen) atoms. The molecule has 1 saturated heterocycles. The minimum Gasteiger partial charge on any atom is -0.465 e. The number of halogens is 1. The van der Waals surface area contributed by atoms with Gasteiger partial charge in [0.25, 0.3) is 0 Å². The summed E-state index contributed by atoms with van der Waals surface area (Å²) in [5.41, 5.74) is -0.0523. The van der Waals surface area contributed by atoms with Gasteiger partial charge in [0.15, 0.2) is 0 Å². The molecule has 1 N–H and O–H groups in total. The van der Waals surface area contributed by atoms with E-state index in [0.717, 1.165) is 0 Å². The smallest absolute Gasteiger partial charge is 0.337 e. The van der Waals surface area contributed by atoms with Crippen LogP contribution in [0.25, 0.3) is 0 Å². The molecule has 1 unspecified atom stereocenters. The normalized spacial score (nSPS) is 18.1. The van der Waals surface area contributed by atoms with Crippen LogP contribution in [0.1, 0.15) is 27.6 Å². The number of nitrogens with zero attached hydrogens (tertiary/aromatic N) is 1. The van der Waals surface area contributed by atoms with E-state index in [2.05, 4.69) is 14.8 Å². The van der Waals surface area contributed by atoms with Crippen LogP contribution in [0.15, 0.2) is 23.1 Å². The Morgan fingerprint density at radius 3 is 2.08 bits per heavy atom. The highest BCUT2D eigenvalue weighted by molar-refractivity contribution is 7.89. The minimum atomic E-state index is -3.86. The van der Waals surface area contributed by atoms with Crippen LogP contribution in [0.4, 0.5) is 0 Å². The number of ether oxygens (including phenoxy) is 2. The second kappa shape index (κ2) is 8.61. The summed E-state index contributed by atoms with van der Waals surface area (Å²) < 4.78 is 36.4. The van der Waals surface area contributed by atoms with Gasteiger partial charge < -0.3 is 14.8 Å². The van der Waals surface area contributed by atoms with E-state index < -0.39 is 22.0 Å². The molecule has 1 fully saturated rings. The fraction of sp³-hybridized carbons (Fsp3) is 0.467. The van der Waals surface area contributed by atoms with Gasteiger partial charge in [-0.2, -0.15) is 4.31 Å². The van der Waals surface area contributed by atoms with E-state index in [1.165, 1.54) is 36.7 Å². The molecular formula is C15H21ClN2O6S. The molecule has 1 aromatic carbocycles. The molecule has 0 aliphatic carbocycles. The molecule has 0 radical (unpaired) electrons. The van der Waals surface area contributed by atoms with E-state index in [1.54, 1.807) is 6.92 Å². The molecule has 1 atom stereocenters. The van der Waals surface area contributed by atoms with E-state index >= 15 is 0 Å². The fourth-order valence-electron chi connectivity index (χ4n) is 2.53. The third kappa shape index (κ3) is 4.49. The Kier molecular flexibility index (Phi) is 7.36. The maximum Gasteiger partial charge on any atom is 0.337 e. The number of hydrogen-bond acceptors (Lipinski definition) is 7. The molecule has 1 aromatic rings. The first-order valence-electron chi connectivity index (χ1n) is 7.35. The van der Waals surface area contributed by atoms with Gasteiger partial charge in [-0.15, -0.1) is 12.4 Å². The highest BCUT2D eigenvalue weighted by Crippen LogP contribution is 2.23. The van der Waals surface area contributed by atoms with E-state index in [4.69, 9.17) is 0 Å². The largest absolute Gasteiger partial charge is 0.465 e. The van der Waals surface area contributed by atoms with Crippen LogP contribution in [0.3, 0.4) is 0 Å². The number of piperazine rings is 1. The summed E-state index contributed by atoms with van der Waals surface area (Å²) in [6, 6.07) is 3.43. The van der Waals surface area contributed by atoms with Gasteiger partial charge in [0, 0.05) is 25.7 Å². The van der Waals surface area contributed by atoms with Crippen molar-refractivity contribution in [3.8, 4) is 0 Å². The molecule has 0 bridgehead atoms. The Hall–Kier alpha value is -1.68. The molecule has 140 valence electrons. The SMILES string of the molecule is COC(=O)c1cc(C(=O)OC)cc(S(=O)(=O)N2CCNCC2C)c1.Cl. The van der Waals surface area contributed by atoms with Crippen LogP contribution in [-0.4, -0.2) is 64.6 Å². The van der Waals surface area contributed by atoms with Crippen molar-refractivity contribution in [2.75, 3.05) is 33.9 Å². The van der Waals surface area contributed by atoms with Gasteiger partial charge in [-0.3, -0.25) is 0 Å². The first-order chi connectivity index (χ1) is 11.3. The first kappa shape index (κ1) is 21.4. The van der Waals surface area contributed by atoms with Crippen molar-refractivity contribution in [1.82, 2.24) is 9.62 Å². The Bertz CT molecular complexity index is 718. The van der Waals surface area contributed by atoms with Crippen molar-refractivity contribution < 1.29 is 27.5 Å². The second-order valence-corrected chi connectivity index (χ2v) is 7.29. The van der Waals surface area contributed by atoms with Crippen molar-refractivity contribution in [3.05, 3.63) is 29.3 Å². The van der Waals surface area contributed by atoms with Crippen LogP contribution < -0.4 is 5.32 Å². The monoisotopic (exact) mass is 392 g/mol. The average Bonchev–Trinajstić information content (AvgIpc) is 2.60. The van der Waals surface area contributed by atoms with E-state index in [1.807, 2.05) is 0 Å². The van der Waals surface area contributed by atoms with Crippen LogP contribution in [0.2, 0.25) is 0 Å². The third-order valence-electron chi connectivity index (χ3n) is 3.80. The Morgan fingerprint density at radius 1 is 1.12 bits per heavy atom. The van der Waals surface area contributed by atoms with E-state index in [-0.39, 0.29) is 34.5 Å². The standard InChI is InChI=1S/C15H20N2O6S.ClH/c1-10-9-16-4-5-17(10)24(20,21)13-7-11(14(18)22-2)6-12(8-13)15(19)23-3;/h6-8,10,16H,4-5,9H2,1-3H3;1H. The maximum atomic E-state index is 12.9. The lowest BCUT2D eigenvalue weighted by molar-refractivity contribution is 0.0598. The van der Waals surface area contributed by atoms with Gasteiger partial charge in [-0.05, 0) is 25.1 Å². The number of esters is 2. The number of sulfonamides is 1. The zero-order chi connectivity index (χ0) is 17.9. The summed E-state index contributed by atoms with van der Waals surface area (Å²) in [5.74, 6) is -1.46. The zero-order valence-corrected chi connectivity index (χ0v) is 15.8. The number of carbonyl (C=O) groups is 2. The van der Waals surface area contributed by atoms with E-state index in [9.17, 15) is 18.0 Å². The highest BCUT2D eigenvalue weighted by atomic mass is 35.5. The zero-order valence-electron chi connectivity index (χ0n) is 14.1. The van der Waals surface area contributed by atoms with Gasteiger partial charge in [0.1, 0.15) is 0 Å². The van der Waals surface area contributed by atoms with Crippen molar-refractivity contribution in [1.29, 1.82) is 0 Å². The summed E-state index contributed by atoms with van der Waals surface area (Å²) in [6.07, 6.45) is 0. The van der Waals surface area contributed by atoms with Gasteiger partial charge >= 0.3 is 11.9 Å². The number of rotatable bonds is 4. The number of hydrogen-bond donors (Lipinski definition) is 1. The Balaban J connectivity index is 0.00000312. The fourth-order valence-corrected chi connectivity index (χ4v) is 4.24. The van der Waals surface area contributed by atoms with Gasteiger partial charge in [-0.25, -0.2) is 18.0 Å². The van der Waals surface area contributed by atoms with Crippen molar-refractivity contribution in [2.24, 2.45) is 0 Å². The number of carbonyl (C=O) groups excluding carboxylic acids is 2. The number of nitrogens with one attached hydrogen (secondary N) is 1. The maximum absolute atomic E-state index is 12.9.